The number of para-hydroxylation sites is 1. The summed E-state index contributed by atoms with van der Waals surface area (Å²) in [5, 5.41) is 10.1. The van der Waals surface area contributed by atoms with Gasteiger partial charge in [-0.25, -0.2) is 9.59 Å². The van der Waals surface area contributed by atoms with Crippen LogP contribution < -0.4 is 10.1 Å². The molecule has 1 amide bonds. The molecule has 0 heterocycles. The SMILES string of the molecule is O=C(O)NCC(=O)Oc1ccccc1. The van der Waals surface area contributed by atoms with Crippen molar-refractivity contribution < 1.29 is 19.4 Å². The number of hydrogen-bond donors (Lipinski definition) is 2. The maximum Gasteiger partial charge on any atom is 0.405 e. The average molecular weight is 195 g/mol. The van der Waals surface area contributed by atoms with Crippen LogP contribution in [0.25, 0.3) is 0 Å². The Balaban J connectivity index is 2.38. The smallest absolute Gasteiger partial charge is 0.405 e. The maximum atomic E-state index is 11.0. The summed E-state index contributed by atoms with van der Waals surface area (Å²) < 4.78 is 4.80. The first-order valence-electron chi connectivity index (χ1n) is 3.91. The number of rotatable bonds is 3. The lowest BCUT2D eigenvalue weighted by atomic mass is 10.3. The third-order valence-electron chi connectivity index (χ3n) is 1.36. The highest BCUT2D eigenvalue weighted by atomic mass is 16.5. The topological polar surface area (TPSA) is 75.6 Å². The molecule has 14 heavy (non-hydrogen) atoms. The Morgan fingerprint density at radius 3 is 2.50 bits per heavy atom. The van der Waals surface area contributed by atoms with Crippen molar-refractivity contribution in [1.29, 1.82) is 0 Å². The minimum Gasteiger partial charge on any atom is -0.465 e. The van der Waals surface area contributed by atoms with Gasteiger partial charge in [0.2, 0.25) is 0 Å². The van der Waals surface area contributed by atoms with Crippen LogP contribution in [0, 0.1) is 0 Å². The standard InChI is InChI=1S/C9H9NO4/c11-8(6-10-9(12)13)14-7-4-2-1-3-5-7/h1-5,10H,6H2,(H,12,13). The Hall–Kier alpha value is -2.04. The van der Waals surface area contributed by atoms with Crippen LogP contribution >= 0.6 is 0 Å². The number of carbonyl (C=O) groups excluding carboxylic acids is 1. The van der Waals surface area contributed by atoms with Crippen LogP contribution in [0.15, 0.2) is 30.3 Å². The molecule has 0 fully saturated rings. The van der Waals surface area contributed by atoms with E-state index in [1.807, 2.05) is 5.32 Å². The van der Waals surface area contributed by atoms with Gasteiger partial charge in [-0.3, -0.25) is 0 Å². The maximum absolute atomic E-state index is 11.0. The Morgan fingerprint density at radius 2 is 1.93 bits per heavy atom. The summed E-state index contributed by atoms with van der Waals surface area (Å²) in [7, 11) is 0. The highest BCUT2D eigenvalue weighted by Gasteiger charge is 2.05. The zero-order valence-corrected chi connectivity index (χ0v) is 7.27. The van der Waals surface area contributed by atoms with Crippen molar-refractivity contribution in [2.45, 2.75) is 0 Å². The van der Waals surface area contributed by atoms with Crippen LogP contribution in [0.3, 0.4) is 0 Å². The lowest BCUT2D eigenvalue weighted by molar-refractivity contribution is -0.133. The molecule has 0 unspecified atom stereocenters. The number of benzene rings is 1. The average Bonchev–Trinajstić information content (AvgIpc) is 2.16. The van der Waals surface area contributed by atoms with Crippen molar-refractivity contribution in [3.63, 3.8) is 0 Å². The van der Waals surface area contributed by atoms with E-state index in [2.05, 4.69) is 0 Å². The van der Waals surface area contributed by atoms with Gasteiger partial charge in [-0.15, -0.1) is 0 Å². The number of ether oxygens (including phenoxy) is 1. The zero-order valence-electron chi connectivity index (χ0n) is 7.27. The van der Waals surface area contributed by atoms with Gasteiger partial charge in [-0.05, 0) is 12.1 Å². The third kappa shape index (κ3) is 3.57. The minimum absolute atomic E-state index is 0.357. The molecular formula is C9H9NO4. The van der Waals surface area contributed by atoms with E-state index in [1.165, 1.54) is 0 Å². The lowest BCUT2D eigenvalue weighted by Crippen LogP contribution is -2.30. The van der Waals surface area contributed by atoms with Crippen molar-refractivity contribution in [2.24, 2.45) is 0 Å². The van der Waals surface area contributed by atoms with E-state index in [0.29, 0.717) is 5.75 Å². The second-order valence-electron chi connectivity index (χ2n) is 2.45. The molecular weight excluding hydrogens is 186 g/mol. The van der Waals surface area contributed by atoms with Gasteiger partial charge < -0.3 is 15.2 Å². The largest absolute Gasteiger partial charge is 0.465 e. The Labute approximate surface area is 80.3 Å². The second kappa shape index (κ2) is 4.86. The number of carbonyl (C=O) groups is 2. The van der Waals surface area contributed by atoms with E-state index >= 15 is 0 Å². The van der Waals surface area contributed by atoms with Crippen LogP contribution in [-0.2, 0) is 4.79 Å². The van der Waals surface area contributed by atoms with Crippen LogP contribution in [0.4, 0.5) is 4.79 Å². The van der Waals surface area contributed by atoms with E-state index in [-0.39, 0.29) is 6.54 Å². The molecule has 5 heteroatoms. The van der Waals surface area contributed by atoms with Crippen LogP contribution in [-0.4, -0.2) is 23.7 Å². The lowest BCUT2D eigenvalue weighted by Gasteiger charge is -2.02. The molecule has 0 spiro atoms. The van der Waals surface area contributed by atoms with Crippen molar-refractivity contribution in [3.8, 4) is 5.75 Å². The molecule has 1 rings (SSSR count). The summed E-state index contributed by atoms with van der Waals surface area (Å²) in [4.78, 5) is 21.0. The number of esters is 1. The van der Waals surface area contributed by atoms with Crippen molar-refractivity contribution in [2.75, 3.05) is 6.54 Å². The van der Waals surface area contributed by atoms with Gasteiger partial charge in [0.15, 0.2) is 0 Å². The fourth-order valence-corrected chi connectivity index (χ4v) is 0.804. The minimum atomic E-state index is -1.25. The predicted molar refractivity (Wildman–Crippen MR) is 48.1 cm³/mol. The predicted octanol–water partition coefficient (Wildman–Crippen LogP) is 0.860. The molecule has 0 saturated carbocycles. The van der Waals surface area contributed by atoms with Crippen LogP contribution in [0.1, 0.15) is 0 Å². The number of hydrogen-bond acceptors (Lipinski definition) is 3. The Morgan fingerprint density at radius 1 is 1.29 bits per heavy atom. The van der Waals surface area contributed by atoms with Gasteiger partial charge in [0.1, 0.15) is 12.3 Å². The van der Waals surface area contributed by atoms with Gasteiger partial charge in [0, 0.05) is 0 Å². The highest BCUT2D eigenvalue weighted by Crippen LogP contribution is 2.07. The number of amides is 1. The molecule has 0 radical (unpaired) electrons. The van der Waals surface area contributed by atoms with Crippen LogP contribution in [0.2, 0.25) is 0 Å². The third-order valence-corrected chi connectivity index (χ3v) is 1.36. The van der Waals surface area contributed by atoms with Gasteiger partial charge in [0.05, 0.1) is 0 Å². The summed E-state index contributed by atoms with van der Waals surface area (Å²) in [5.74, 6) is -0.247. The van der Waals surface area contributed by atoms with E-state index in [1.54, 1.807) is 30.3 Å². The summed E-state index contributed by atoms with van der Waals surface area (Å²) in [5.41, 5.74) is 0. The van der Waals surface area contributed by atoms with Gasteiger partial charge >= 0.3 is 12.1 Å². The fourth-order valence-electron chi connectivity index (χ4n) is 0.804. The van der Waals surface area contributed by atoms with Crippen LogP contribution in [0.5, 0.6) is 5.75 Å². The monoisotopic (exact) mass is 195 g/mol. The molecule has 74 valence electrons. The van der Waals surface area contributed by atoms with Crippen molar-refractivity contribution in [3.05, 3.63) is 30.3 Å². The van der Waals surface area contributed by atoms with Gasteiger partial charge in [-0.1, -0.05) is 18.2 Å². The highest BCUT2D eigenvalue weighted by molar-refractivity contribution is 5.78. The first-order valence-corrected chi connectivity index (χ1v) is 3.91. The molecule has 0 aliphatic heterocycles. The molecule has 1 aromatic carbocycles. The zero-order chi connectivity index (χ0) is 10.4. The normalized spacial score (nSPS) is 9.14. The second-order valence-corrected chi connectivity index (χ2v) is 2.45. The summed E-state index contributed by atoms with van der Waals surface area (Å²) in [6.07, 6.45) is -1.25. The van der Waals surface area contributed by atoms with E-state index in [0.717, 1.165) is 0 Å². The van der Waals surface area contributed by atoms with Gasteiger partial charge in [0.25, 0.3) is 0 Å². The number of nitrogens with one attached hydrogen (secondary N) is 1. The molecule has 0 bridgehead atoms. The molecule has 0 atom stereocenters. The first-order chi connectivity index (χ1) is 6.68. The summed E-state index contributed by atoms with van der Waals surface area (Å²) in [6.45, 7) is -0.357. The molecule has 2 N–H and O–H groups in total. The van der Waals surface area contributed by atoms with E-state index in [9.17, 15) is 9.59 Å². The fraction of sp³-hybridized carbons (Fsp3) is 0.111. The Kier molecular flexibility index (Phi) is 3.49. The Bertz CT molecular complexity index is 323. The first kappa shape index (κ1) is 10.0. The van der Waals surface area contributed by atoms with Gasteiger partial charge in [-0.2, -0.15) is 0 Å². The summed E-state index contributed by atoms with van der Waals surface area (Å²) >= 11 is 0. The van der Waals surface area contributed by atoms with Crippen molar-refractivity contribution >= 4 is 12.1 Å². The number of carboxylic acid groups (broad SMARTS) is 1. The molecule has 0 aliphatic carbocycles. The molecule has 0 aliphatic rings. The molecule has 1 aromatic rings. The summed E-state index contributed by atoms with van der Waals surface area (Å²) in [6, 6.07) is 8.44. The van der Waals surface area contributed by atoms with Crippen molar-refractivity contribution in [1.82, 2.24) is 5.32 Å². The quantitative estimate of drug-likeness (QED) is 0.554. The molecule has 0 saturated heterocycles. The van der Waals surface area contributed by atoms with E-state index in [4.69, 9.17) is 9.84 Å². The van der Waals surface area contributed by atoms with E-state index < -0.39 is 12.1 Å². The molecule has 5 nitrogen and oxygen atoms in total. The molecule has 0 aromatic heterocycles.